The number of anilines is 3. The predicted molar refractivity (Wildman–Crippen MR) is 281 cm³/mol. The first-order chi connectivity index (χ1) is 32.3. The molecule has 2 aliphatic rings. The molecule has 6 heteroatoms. The van der Waals surface area contributed by atoms with Crippen LogP contribution in [0.15, 0.2) is 120 Å². The van der Waals surface area contributed by atoms with E-state index in [1.807, 2.05) is 0 Å². The lowest BCUT2D eigenvalue weighted by molar-refractivity contribution is 0.592. The molecule has 3 aromatic heterocycles. The van der Waals surface area contributed by atoms with E-state index in [0.29, 0.717) is 5.95 Å². The molecule has 5 nitrogen and oxygen atoms in total. The van der Waals surface area contributed by atoms with E-state index in [1.54, 1.807) is 0 Å². The molecule has 0 radical (unpaired) electrons. The van der Waals surface area contributed by atoms with Crippen molar-refractivity contribution in [1.29, 1.82) is 0 Å². The molecular weight excluding hydrogens is 803 g/mol. The van der Waals surface area contributed by atoms with Crippen LogP contribution in [-0.4, -0.2) is 21.2 Å². The number of aromatic nitrogens is 3. The Balaban J connectivity index is 1.22. The van der Waals surface area contributed by atoms with E-state index in [-0.39, 0.29) is 6.71 Å². The molecule has 0 saturated heterocycles. The number of para-hydroxylation sites is 1. The molecule has 0 unspecified atom stereocenters. The van der Waals surface area contributed by atoms with Crippen LogP contribution in [0.5, 0.6) is 0 Å². The standard InChI is InChI=1S/C60H63BN4O/c1-7-11-14-16-22-42-35-49-48-34-40(20-12-8-2)27-32-51(48)65-55(49)50(36-42)61-54-56(60(5,6)53-47-31-26-41(21-13-9-3)37-52(47)66-57(53)61)62-59(63-58(54)65)64(45-23-17-15-18-24-45)46-30-29-43-28-25-39(19-10-4)33-44(43)38-46/h15,17-18,23-38H,7-14,16,19-22H2,1-6H3. The van der Waals surface area contributed by atoms with Gasteiger partial charge in [-0.25, -0.2) is 4.98 Å². The van der Waals surface area contributed by atoms with Crippen molar-refractivity contribution in [3.8, 4) is 5.82 Å². The summed E-state index contributed by atoms with van der Waals surface area (Å²) < 4.78 is 9.85. The normalized spacial score (nSPS) is 13.6. The number of nitrogens with zero attached hydrogens (tertiary/aromatic N) is 4. The van der Waals surface area contributed by atoms with Gasteiger partial charge in [0, 0.05) is 44.0 Å². The monoisotopic (exact) mass is 867 g/mol. The van der Waals surface area contributed by atoms with Crippen LogP contribution in [0.3, 0.4) is 0 Å². The van der Waals surface area contributed by atoms with Crippen LogP contribution in [0, 0.1) is 0 Å². The van der Waals surface area contributed by atoms with Crippen molar-refractivity contribution in [3.05, 3.63) is 149 Å². The second-order valence-corrected chi connectivity index (χ2v) is 19.9. The zero-order chi connectivity index (χ0) is 45.1. The van der Waals surface area contributed by atoms with Gasteiger partial charge in [0.25, 0.3) is 6.71 Å². The summed E-state index contributed by atoms with van der Waals surface area (Å²) in [5.41, 5.74) is 16.4. The molecule has 0 fully saturated rings. The van der Waals surface area contributed by atoms with Crippen LogP contribution in [0.2, 0.25) is 0 Å². The Labute approximate surface area is 391 Å². The Kier molecular flexibility index (Phi) is 11.1. The molecule has 0 bridgehead atoms. The molecule has 0 saturated carbocycles. The van der Waals surface area contributed by atoms with Crippen LogP contribution >= 0.6 is 0 Å². The number of furan rings is 1. The highest BCUT2D eigenvalue weighted by Gasteiger charge is 2.51. The van der Waals surface area contributed by atoms with Crippen molar-refractivity contribution < 1.29 is 4.42 Å². The van der Waals surface area contributed by atoms with Crippen molar-refractivity contribution >= 4 is 84.2 Å². The molecule has 5 heterocycles. The summed E-state index contributed by atoms with van der Waals surface area (Å²) in [6.07, 6.45) is 15.0. The first-order valence-corrected chi connectivity index (χ1v) is 25.3. The molecule has 6 aromatic carbocycles. The van der Waals surface area contributed by atoms with Crippen molar-refractivity contribution in [3.63, 3.8) is 0 Å². The zero-order valence-electron chi connectivity index (χ0n) is 39.9. The highest BCUT2D eigenvalue weighted by atomic mass is 16.3. The summed E-state index contributed by atoms with van der Waals surface area (Å²) in [5.74, 6) is 1.63. The van der Waals surface area contributed by atoms with Crippen LogP contribution in [-0.2, 0) is 31.1 Å². The van der Waals surface area contributed by atoms with Gasteiger partial charge in [-0.3, -0.25) is 9.47 Å². The molecule has 11 rings (SSSR count). The largest absolute Gasteiger partial charge is 0.470 e. The maximum Gasteiger partial charge on any atom is 0.296 e. The maximum atomic E-state index is 7.34. The van der Waals surface area contributed by atoms with Gasteiger partial charge in [-0.05, 0) is 132 Å². The molecule has 0 aliphatic carbocycles. The average molecular weight is 867 g/mol. The van der Waals surface area contributed by atoms with E-state index in [2.05, 4.69) is 166 Å². The van der Waals surface area contributed by atoms with Crippen molar-refractivity contribution in [2.45, 2.75) is 130 Å². The average Bonchev–Trinajstić information content (AvgIpc) is 3.88. The molecule has 0 N–H and O–H groups in total. The van der Waals surface area contributed by atoms with Crippen LogP contribution in [0.25, 0.3) is 49.4 Å². The first kappa shape index (κ1) is 42.5. The zero-order valence-corrected chi connectivity index (χ0v) is 39.9. The van der Waals surface area contributed by atoms with Gasteiger partial charge < -0.3 is 4.42 Å². The molecule has 0 spiro atoms. The topological polar surface area (TPSA) is 47.1 Å². The van der Waals surface area contributed by atoms with Gasteiger partial charge in [0.2, 0.25) is 5.95 Å². The summed E-state index contributed by atoms with van der Waals surface area (Å²) in [6, 6.07) is 43.7. The fourth-order valence-electron chi connectivity index (χ4n) is 11.5. The third-order valence-corrected chi connectivity index (χ3v) is 14.9. The minimum Gasteiger partial charge on any atom is -0.470 e. The number of hydrogen-bond donors (Lipinski definition) is 0. The SMILES string of the molecule is CCCCCCc1cc2c3c(c1)c1cc(CCCC)ccc1n3-c1nc(N(c3ccccc3)c3ccc4ccc(CCC)cc4c3)nc3c1B2c1oc2cc(CCCC)ccc2c1C3(C)C. The summed E-state index contributed by atoms with van der Waals surface area (Å²) in [6.45, 7) is 13.7. The van der Waals surface area contributed by atoms with Crippen molar-refractivity contribution in [1.82, 2.24) is 14.5 Å². The number of fused-ring (bicyclic) bond motifs is 10. The van der Waals surface area contributed by atoms with Gasteiger partial charge in [-0.2, -0.15) is 4.98 Å². The smallest absolute Gasteiger partial charge is 0.296 e. The van der Waals surface area contributed by atoms with Gasteiger partial charge in [-0.15, -0.1) is 0 Å². The predicted octanol–water partition coefficient (Wildman–Crippen LogP) is 14.2. The van der Waals surface area contributed by atoms with Crippen molar-refractivity contribution in [2.75, 3.05) is 4.90 Å². The van der Waals surface area contributed by atoms with Crippen LogP contribution in [0.1, 0.15) is 133 Å². The Morgan fingerprint density at radius 3 is 2.08 bits per heavy atom. The summed E-state index contributed by atoms with van der Waals surface area (Å²) in [7, 11) is 0. The van der Waals surface area contributed by atoms with Gasteiger partial charge in [-0.1, -0.05) is 147 Å². The Morgan fingerprint density at radius 1 is 0.576 bits per heavy atom. The molecule has 9 aromatic rings. The molecule has 2 aliphatic heterocycles. The number of benzene rings is 6. The summed E-state index contributed by atoms with van der Waals surface area (Å²) >= 11 is 0. The Bertz CT molecular complexity index is 3290. The first-order valence-electron chi connectivity index (χ1n) is 25.3. The quantitative estimate of drug-likeness (QED) is 0.0717. The number of aryl methyl sites for hydroxylation is 4. The summed E-state index contributed by atoms with van der Waals surface area (Å²) in [5, 5.41) is 6.28. The van der Waals surface area contributed by atoms with Gasteiger partial charge in [0.05, 0.1) is 22.4 Å². The lowest BCUT2D eigenvalue weighted by atomic mass is 9.33. The molecule has 0 atom stereocenters. The molecular formula is C60H63BN4O. The van der Waals surface area contributed by atoms with E-state index in [1.165, 1.54) is 122 Å². The highest BCUT2D eigenvalue weighted by molar-refractivity contribution is 6.98. The Hall–Kier alpha value is -6.14. The van der Waals surface area contributed by atoms with E-state index in [9.17, 15) is 0 Å². The minimum absolute atomic E-state index is 0.157. The van der Waals surface area contributed by atoms with Crippen molar-refractivity contribution in [2.24, 2.45) is 0 Å². The third kappa shape index (κ3) is 7.05. The van der Waals surface area contributed by atoms with Gasteiger partial charge in [0.15, 0.2) is 0 Å². The fraction of sp³-hybridized carbons (Fsp3) is 0.333. The van der Waals surface area contributed by atoms with Gasteiger partial charge in [0.1, 0.15) is 11.4 Å². The second-order valence-electron chi connectivity index (χ2n) is 19.9. The number of hydrogen-bond acceptors (Lipinski definition) is 4. The minimum atomic E-state index is -0.505. The molecule has 0 amide bonds. The van der Waals surface area contributed by atoms with E-state index < -0.39 is 5.41 Å². The second kappa shape index (κ2) is 17.3. The summed E-state index contributed by atoms with van der Waals surface area (Å²) in [4.78, 5) is 14.0. The molecule has 66 heavy (non-hydrogen) atoms. The third-order valence-electron chi connectivity index (χ3n) is 14.9. The van der Waals surface area contributed by atoms with Gasteiger partial charge >= 0.3 is 0 Å². The van der Waals surface area contributed by atoms with Crippen LogP contribution in [0.4, 0.5) is 17.3 Å². The Morgan fingerprint density at radius 2 is 1.29 bits per heavy atom. The maximum absolute atomic E-state index is 7.34. The highest BCUT2D eigenvalue weighted by Crippen LogP contribution is 2.44. The van der Waals surface area contributed by atoms with E-state index >= 15 is 0 Å². The lowest BCUT2D eigenvalue weighted by Crippen LogP contribution is -2.63. The number of rotatable bonds is 16. The van der Waals surface area contributed by atoms with E-state index in [0.717, 1.165) is 72.7 Å². The lowest BCUT2D eigenvalue weighted by Gasteiger charge is -2.39. The fourth-order valence-corrected chi connectivity index (χ4v) is 11.5. The molecule has 332 valence electrons. The number of unbranched alkanes of at least 4 members (excludes halogenated alkanes) is 5. The van der Waals surface area contributed by atoms with Crippen LogP contribution < -0.4 is 21.5 Å². The van der Waals surface area contributed by atoms with E-state index in [4.69, 9.17) is 14.4 Å².